The molecule has 2 aliphatic rings. The highest BCUT2D eigenvalue weighted by molar-refractivity contribution is 5.93. The van der Waals surface area contributed by atoms with Crippen LogP contribution in [0.3, 0.4) is 0 Å². The van der Waals surface area contributed by atoms with Gasteiger partial charge in [0.25, 0.3) is 0 Å². The summed E-state index contributed by atoms with van der Waals surface area (Å²) in [5.74, 6) is 2.02. The summed E-state index contributed by atoms with van der Waals surface area (Å²) in [7, 11) is 1.56. The molecule has 0 radical (unpaired) electrons. The number of rotatable bonds is 10. The number of halogens is 1. The highest BCUT2D eigenvalue weighted by Gasteiger charge is 2.25. The maximum atomic E-state index is 15.3. The van der Waals surface area contributed by atoms with E-state index in [0.29, 0.717) is 71.7 Å². The lowest BCUT2D eigenvalue weighted by Gasteiger charge is -2.31. The molecule has 3 aromatic heterocycles. The Labute approximate surface area is 264 Å². The number of fused-ring (bicyclic) bond motifs is 1. The first-order chi connectivity index (χ1) is 22.5. The number of aromatic nitrogens is 5. The summed E-state index contributed by atoms with van der Waals surface area (Å²) in [4.78, 5) is 27.0. The van der Waals surface area contributed by atoms with Gasteiger partial charge >= 0.3 is 0 Å². The Bertz CT molecular complexity index is 1900. The molecule has 4 heterocycles. The molecule has 0 atom stereocenters. The van der Waals surface area contributed by atoms with Gasteiger partial charge in [-0.3, -0.25) is 9.78 Å². The fourth-order valence-corrected chi connectivity index (χ4v) is 5.49. The Morgan fingerprint density at radius 2 is 1.87 bits per heavy atom. The van der Waals surface area contributed by atoms with Gasteiger partial charge in [0.1, 0.15) is 29.8 Å². The molecule has 46 heavy (non-hydrogen) atoms. The molecule has 0 bridgehead atoms. The highest BCUT2D eigenvalue weighted by Crippen LogP contribution is 2.39. The lowest BCUT2D eigenvalue weighted by Crippen LogP contribution is -2.41. The molecule has 0 spiro atoms. The summed E-state index contributed by atoms with van der Waals surface area (Å²) in [6.45, 7) is 4.72. The molecule has 7 rings (SSSR count). The standard InChI is InChI=1S/C34H32FN7O4/c1-3-33(43)41-13-10-23(11-14-41)45-31-17-25-29(18-30(31)44-2)37-20-38-34(25)39-28-9-7-24(16-26(28)35)46-32-12-15-42(40-32)22-6-8-27(36-19-22)21-4-5-21/h3,6-9,12,15-21,23H,1,4-5,10-11,13-14H2,2H3,(H,37,38,39). The SMILES string of the molecule is C=CC(=O)N1CCC(Oc2cc3c(Nc4ccc(Oc5ccn(-c6ccc(C7CC7)nc6)n5)cc4F)ncnc3cc2OC)CC1. The van der Waals surface area contributed by atoms with Crippen molar-refractivity contribution in [3.8, 4) is 28.8 Å². The number of amides is 1. The number of likely N-dealkylation sites (tertiary alicyclic amines) is 1. The van der Waals surface area contributed by atoms with Gasteiger partial charge in [-0.1, -0.05) is 6.58 Å². The molecular weight excluding hydrogens is 589 g/mol. The number of hydrogen-bond acceptors (Lipinski definition) is 9. The average Bonchev–Trinajstić information content (AvgIpc) is 3.84. The molecule has 1 aliphatic heterocycles. The van der Waals surface area contributed by atoms with Gasteiger partial charge in [-0.2, -0.15) is 0 Å². The number of hydrogen-bond donors (Lipinski definition) is 1. The molecule has 234 valence electrons. The predicted octanol–water partition coefficient (Wildman–Crippen LogP) is 6.33. The van der Waals surface area contributed by atoms with Crippen molar-refractivity contribution in [2.75, 3.05) is 25.5 Å². The van der Waals surface area contributed by atoms with Gasteiger partial charge in [0.15, 0.2) is 11.5 Å². The Kier molecular flexibility index (Phi) is 7.91. The molecule has 5 aromatic rings. The minimum Gasteiger partial charge on any atom is -0.493 e. The van der Waals surface area contributed by atoms with Crippen LogP contribution in [0.5, 0.6) is 23.1 Å². The molecule has 0 unspecified atom stereocenters. The van der Waals surface area contributed by atoms with Crippen molar-refractivity contribution in [3.63, 3.8) is 0 Å². The summed E-state index contributed by atoms with van der Waals surface area (Å²) < 4.78 is 34.8. The zero-order chi connectivity index (χ0) is 31.6. The van der Waals surface area contributed by atoms with Crippen LogP contribution in [0.1, 0.15) is 37.3 Å². The van der Waals surface area contributed by atoms with Crippen LogP contribution in [0.25, 0.3) is 16.6 Å². The summed E-state index contributed by atoms with van der Waals surface area (Å²) >= 11 is 0. The third-order valence-electron chi connectivity index (χ3n) is 8.15. The molecule has 2 aromatic carbocycles. The van der Waals surface area contributed by atoms with Crippen LogP contribution in [-0.4, -0.2) is 61.8 Å². The molecule has 1 N–H and O–H groups in total. The van der Waals surface area contributed by atoms with Crippen molar-refractivity contribution in [2.24, 2.45) is 0 Å². The highest BCUT2D eigenvalue weighted by atomic mass is 19.1. The second-order valence-electron chi connectivity index (χ2n) is 11.3. The van der Waals surface area contributed by atoms with Crippen LogP contribution >= 0.6 is 0 Å². The molecule has 12 heteroatoms. The van der Waals surface area contributed by atoms with Gasteiger partial charge < -0.3 is 24.4 Å². The third-order valence-corrected chi connectivity index (χ3v) is 8.15. The number of methoxy groups -OCH3 is 1. The fraction of sp³-hybridized carbons (Fsp3) is 0.265. The first-order valence-electron chi connectivity index (χ1n) is 15.1. The van der Waals surface area contributed by atoms with E-state index in [1.807, 2.05) is 12.1 Å². The summed E-state index contributed by atoms with van der Waals surface area (Å²) in [6.07, 6.45) is 9.91. The number of anilines is 2. The summed E-state index contributed by atoms with van der Waals surface area (Å²) in [6, 6.07) is 13.8. The van der Waals surface area contributed by atoms with Crippen LogP contribution < -0.4 is 19.5 Å². The topological polar surface area (TPSA) is 117 Å². The normalized spacial score (nSPS) is 15.0. The van der Waals surface area contributed by atoms with Crippen molar-refractivity contribution in [1.29, 1.82) is 0 Å². The van der Waals surface area contributed by atoms with E-state index in [4.69, 9.17) is 14.2 Å². The van der Waals surface area contributed by atoms with Gasteiger partial charge in [0, 0.05) is 67.3 Å². The van der Waals surface area contributed by atoms with Gasteiger partial charge in [-0.15, -0.1) is 5.10 Å². The average molecular weight is 622 g/mol. The summed E-state index contributed by atoms with van der Waals surface area (Å²) in [5, 5.41) is 8.17. The van der Waals surface area contributed by atoms with Crippen LogP contribution in [0, 0.1) is 5.82 Å². The quantitative estimate of drug-likeness (QED) is 0.179. The van der Waals surface area contributed by atoms with E-state index in [0.717, 1.165) is 11.4 Å². The number of ether oxygens (including phenoxy) is 3. The van der Waals surface area contributed by atoms with Gasteiger partial charge in [0.05, 0.1) is 30.2 Å². The fourth-order valence-electron chi connectivity index (χ4n) is 5.49. The zero-order valence-electron chi connectivity index (χ0n) is 25.2. The zero-order valence-corrected chi connectivity index (χ0v) is 25.2. The number of carbonyl (C=O) groups is 1. The number of pyridine rings is 1. The second-order valence-corrected chi connectivity index (χ2v) is 11.3. The van der Waals surface area contributed by atoms with E-state index >= 15 is 4.39 Å². The Morgan fingerprint density at radius 3 is 2.59 bits per heavy atom. The predicted molar refractivity (Wildman–Crippen MR) is 170 cm³/mol. The third kappa shape index (κ3) is 6.19. The number of carbonyl (C=O) groups excluding carboxylic acids is 1. The van der Waals surface area contributed by atoms with Crippen LogP contribution in [0.4, 0.5) is 15.9 Å². The smallest absolute Gasteiger partial charge is 0.245 e. The van der Waals surface area contributed by atoms with Crippen molar-refractivity contribution in [2.45, 2.75) is 37.7 Å². The molecule has 1 amide bonds. The van der Waals surface area contributed by atoms with E-state index in [1.54, 1.807) is 59.4 Å². The molecule has 1 saturated carbocycles. The van der Waals surface area contributed by atoms with Gasteiger partial charge in [-0.25, -0.2) is 19.0 Å². The van der Waals surface area contributed by atoms with Crippen molar-refractivity contribution in [3.05, 3.63) is 91.4 Å². The minimum absolute atomic E-state index is 0.0834. The molecule has 1 saturated heterocycles. The van der Waals surface area contributed by atoms with E-state index in [-0.39, 0.29) is 17.7 Å². The second kappa shape index (κ2) is 12.5. The number of nitrogens with one attached hydrogen (secondary N) is 1. The molecule has 11 nitrogen and oxygen atoms in total. The number of piperidine rings is 1. The largest absolute Gasteiger partial charge is 0.493 e. The summed E-state index contributed by atoms with van der Waals surface area (Å²) in [5.41, 5.74) is 2.73. The minimum atomic E-state index is -0.533. The van der Waals surface area contributed by atoms with Crippen molar-refractivity contribution < 1.29 is 23.4 Å². The first kappa shape index (κ1) is 29.2. The monoisotopic (exact) mass is 621 g/mol. The van der Waals surface area contributed by atoms with Crippen LogP contribution in [0.2, 0.25) is 0 Å². The molecule has 1 aliphatic carbocycles. The number of nitrogens with zero attached hydrogens (tertiary/aromatic N) is 6. The van der Waals surface area contributed by atoms with Crippen LogP contribution in [-0.2, 0) is 4.79 Å². The van der Waals surface area contributed by atoms with Gasteiger partial charge in [0.2, 0.25) is 11.8 Å². The molecular formula is C34H32FN7O4. The maximum Gasteiger partial charge on any atom is 0.245 e. The Balaban J connectivity index is 1.05. The van der Waals surface area contributed by atoms with E-state index < -0.39 is 5.82 Å². The Hall–Kier alpha value is -5.52. The lowest BCUT2D eigenvalue weighted by molar-refractivity contribution is -0.127. The molecule has 2 fully saturated rings. The van der Waals surface area contributed by atoms with Crippen molar-refractivity contribution >= 4 is 28.3 Å². The lowest BCUT2D eigenvalue weighted by atomic mass is 10.1. The van der Waals surface area contributed by atoms with E-state index in [2.05, 4.69) is 31.9 Å². The van der Waals surface area contributed by atoms with Gasteiger partial charge in [-0.05, 0) is 49.2 Å². The maximum absolute atomic E-state index is 15.3. The number of benzene rings is 2. The van der Waals surface area contributed by atoms with E-state index in [1.165, 1.54) is 31.3 Å². The first-order valence-corrected chi connectivity index (χ1v) is 15.1. The van der Waals surface area contributed by atoms with Crippen LogP contribution in [0.15, 0.2) is 79.9 Å². The van der Waals surface area contributed by atoms with E-state index in [9.17, 15) is 4.79 Å². The Morgan fingerprint density at radius 1 is 1.02 bits per heavy atom. The van der Waals surface area contributed by atoms with Crippen molar-refractivity contribution in [1.82, 2.24) is 29.6 Å².